The van der Waals surface area contributed by atoms with Gasteiger partial charge in [-0.05, 0) is 43.2 Å². The number of carbonyl (C=O) groups excluding carboxylic acids is 1. The van der Waals surface area contributed by atoms with Crippen molar-refractivity contribution in [3.63, 3.8) is 0 Å². The summed E-state index contributed by atoms with van der Waals surface area (Å²) in [6, 6.07) is 15.9. The van der Waals surface area contributed by atoms with Gasteiger partial charge in [0.15, 0.2) is 0 Å². The molecule has 0 N–H and O–H groups in total. The Morgan fingerprint density at radius 1 is 1.13 bits per heavy atom. The average molecular weight is 329 g/mol. The van der Waals surface area contributed by atoms with Gasteiger partial charge in [-0.1, -0.05) is 41.9 Å². The Morgan fingerprint density at radius 3 is 2.57 bits per heavy atom. The fraction of sp³-hybridized carbons (Fsp3) is 0.316. The van der Waals surface area contributed by atoms with Crippen LogP contribution in [-0.4, -0.2) is 29.9 Å². The van der Waals surface area contributed by atoms with Crippen LogP contribution in [0.3, 0.4) is 0 Å². The van der Waals surface area contributed by atoms with Crippen molar-refractivity contribution < 1.29 is 4.79 Å². The number of aryl methyl sites for hydroxylation is 1. The number of nitrogens with zero attached hydrogens (tertiary/aromatic N) is 2. The van der Waals surface area contributed by atoms with Crippen LogP contribution in [0.1, 0.15) is 18.1 Å². The quantitative estimate of drug-likeness (QED) is 0.853. The molecular formula is C19H21ClN2O. The molecule has 1 atom stereocenters. The van der Waals surface area contributed by atoms with E-state index >= 15 is 0 Å². The zero-order chi connectivity index (χ0) is 16.4. The predicted molar refractivity (Wildman–Crippen MR) is 94.9 cm³/mol. The Kier molecular flexibility index (Phi) is 4.69. The normalized spacial score (nSPS) is 19.2. The van der Waals surface area contributed by atoms with Crippen molar-refractivity contribution in [2.24, 2.45) is 0 Å². The first-order valence-corrected chi connectivity index (χ1v) is 8.29. The van der Waals surface area contributed by atoms with Crippen LogP contribution in [0.5, 0.6) is 0 Å². The van der Waals surface area contributed by atoms with Crippen molar-refractivity contribution in [3.05, 3.63) is 64.7 Å². The van der Waals surface area contributed by atoms with Crippen LogP contribution in [0.25, 0.3) is 0 Å². The summed E-state index contributed by atoms with van der Waals surface area (Å²) >= 11 is 6.02. The van der Waals surface area contributed by atoms with E-state index in [4.69, 9.17) is 11.6 Å². The molecule has 1 fully saturated rings. The molecule has 3 rings (SSSR count). The monoisotopic (exact) mass is 328 g/mol. The Balaban J connectivity index is 1.76. The molecule has 1 heterocycles. The summed E-state index contributed by atoms with van der Waals surface area (Å²) < 4.78 is 0. The van der Waals surface area contributed by atoms with Crippen molar-refractivity contribution in [1.29, 1.82) is 0 Å². The Hall–Kier alpha value is -1.84. The molecule has 1 aliphatic heterocycles. The third-order valence-corrected chi connectivity index (χ3v) is 4.70. The molecule has 23 heavy (non-hydrogen) atoms. The fourth-order valence-corrected chi connectivity index (χ4v) is 3.34. The van der Waals surface area contributed by atoms with Gasteiger partial charge >= 0.3 is 0 Å². The van der Waals surface area contributed by atoms with Gasteiger partial charge < -0.3 is 4.90 Å². The number of rotatable bonds is 3. The second-order valence-corrected chi connectivity index (χ2v) is 6.49. The number of benzene rings is 2. The molecule has 0 saturated carbocycles. The highest BCUT2D eigenvalue weighted by molar-refractivity contribution is 6.30. The molecule has 2 aromatic rings. The zero-order valence-corrected chi connectivity index (χ0v) is 14.3. The first-order chi connectivity index (χ1) is 11.1. The average Bonchev–Trinajstić information content (AvgIpc) is 2.54. The number of hydrogen-bond donors (Lipinski definition) is 0. The standard InChI is InChI=1S/C19H21ClN2O/c1-14-12-17(20)8-9-18(14)22-11-10-21(15(2)19(22)23)13-16-6-4-3-5-7-16/h3-9,12,15H,10-11,13H2,1-2H3/t15-/m0/s1. The van der Waals surface area contributed by atoms with Gasteiger partial charge in [-0.3, -0.25) is 9.69 Å². The van der Waals surface area contributed by atoms with Crippen molar-refractivity contribution >= 4 is 23.2 Å². The fourth-order valence-electron chi connectivity index (χ4n) is 3.11. The number of anilines is 1. The molecule has 2 aromatic carbocycles. The minimum Gasteiger partial charge on any atom is -0.310 e. The molecule has 1 amide bonds. The second kappa shape index (κ2) is 6.73. The van der Waals surface area contributed by atoms with E-state index in [1.807, 2.05) is 55.1 Å². The molecule has 0 aromatic heterocycles. The van der Waals surface area contributed by atoms with Crippen molar-refractivity contribution in [2.45, 2.75) is 26.4 Å². The van der Waals surface area contributed by atoms with Gasteiger partial charge in [-0.25, -0.2) is 0 Å². The second-order valence-electron chi connectivity index (χ2n) is 6.05. The van der Waals surface area contributed by atoms with Crippen LogP contribution >= 0.6 is 11.6 Å². The van der Waals surface area contributed by atoms with E-state index in [2.05, 4.69) is 17.0 Å². The highest BCUT2D eigenvalue weighted by Gasteiger charge is 2.32. The summed E-state index contributed by atoms with van der Waals surface area (Å²) in [5, 5.41) is 0.703. The van der Waals surface area contributed by atoms with Gasteiger partial charge in [0.25, 0.3) is 0 Å². The van der Waals surface area contributed by atoms with Crippen molar-refractivity contribution in [3.8, 4) is 0 Å². The molecule has 3 nitrogen and oxygen atoms in total. The van der Waals surface area contributed by atoms with Crippen LogP contribution in [-0.2, 0) is 11.3 Å². The van der Waals surface area contributed by atoms with Crippen molar-refractivity contribution in [2.75, 3.05) is 18.0 Å². The lowest BCUT2D eigenvalue weighted by Gasteiger charge is -2.39. The van der Waals surface area contributed by atoms with Gasteiger partial charge in [-0.15, -0.1) is 0 Å². The Bertz CT molecular complexity index is 702. The lowest BCUT2D eigenvalue weighted by molar-refractivity contribution is -0.125. The van der Waals surface area contributed by atoms with Gasteiger partial charge in [0.2, 0.25) is 5.91 Å². The minimum atomic E-state index is -0.126. The summed E-state index contributed by atoms with van der Waals surface area (Å²) in [7, 11) is 0. The first kappa shape index (κ1) is 16.0. The molecule has 1 saturated heterocycles. The molecular weight excluding hydrogens is 308 g/mol. The van der Waals surface area contributed by atoms with Crippen LogP contribution in [0, 0.1) is 6.92 Å². The Labute approximate surface area is 142 Å². The summed E-state index contributed by atoms with van der Waals surface area (Å²) in [5.74, 6) is 0.151. The highest BCUT2D eigenvalue weighted by atomic mass is 35.5. The molecule has 1 aliphatic rings. The molecule has 0 radical (unpaired) electrons. The van der Waals surface area contributed by atoms with Crippen LogP contribution in [0.15, 0.2) is 48.5 Å². The third-order valence-electron chi connectivity index (χ3n) is 4.46. The van der Waals surface area contributed by atoms with E-state index in [0.29, 0.717) is 11.6 Å². The summed E-state index contributed by atoms with van der Waals surface area (Å²) in [6.45, 7) is 6.36. The smallest absolute Gasteiger partial charge is 0.244 e. The van der Waals surface area contributed by atoms with E-state index in [-0.39, 0.29) is 11.9 Å². The molecule has 120 valence electrons. The third kappa shape index (κ3) is 3.41. The molecule has 0 unspecified atom stereocenters. The molecule has 0 aliphatic carbocycles. The topological polar surface area (TPSA) is 23.6 Å². The molecule has 0 bridgehead atoms. The molecule has 4 heteroatoms. The summed E-state index contributed by atoms with van der Waals surface area (Å²) in [5.41, 5.74) is 3.24. The van der Waals surface area contributed by atoms with Crippen LogP contribution in [0.4, 0.5) is 5.69 Å². The lowest BCUT2D eigenvalue weighted by Crippen LogP contribution is -2.55. The summed E-state index contributed by atoms with van der Waals surface area (Å²) in [4.78, 5) is 16.9. The first-order valence-electron chi connectivity index (χ1n) is 7.92. The number of hydrogen-bond acceptors (Lipinski definition) is 2. The zero-order valence-electron chi connectivity index (χ0n) is 13.5. The maximum atomic E-state index is 12.8. The summed E-state index contributed by atoms with van der Waals surface area (Å²) in [6.07, 6.45) is 0. The lowest BCUT2D eigenvalue weighted by atomic mass is 10.1. The van der Waals surface area contributed by atoms with E-state index < -0.39 is 0 Å². The number of halogens is 1. The molecule has 0 spiro atoms. The number of amides is 1. The van der Waals surface area contributed by atoms with Gasteiger partial charge in [0.05, 0.1) is 6.04 Å². The van der Waals surface area contributed by atoms with E-state index in [9.17, 15) is 4.79 Å². The van der Waals surface area contributed by atoms with Crippen molar-refractivity contribution in [1.82, 2.24) is 4.90 Å². The maximum Gasteiger partial charge on any atom is 0.244 e. The largest absolute Gasteiger partial charge is 0.310 e. The maximum absolute atomic E-state index is 12.8. The van der Waals surface area contributed by atoms with Crippen LogP contribution < -0.4 is 4.90 Å². The van der Waals surface area contributed by atoms with E-state index in [0.717, 1.165) is 24.3 Å². The van der Waals surface area contributed by atoms with E-state index in [1.54, 1.807) is 0 Å². The van der Waals surface area contributed by atoms with Gasteiger partial charge in [0.1, 0.15) is 0 Å². The SMILES string of the molecule is Cc1cc(Cl)ccc1N1CCN(Cc2ccccc2)[C@@H](C)C1=O. The van der Waals surface area contributed by atoms with Crippen LogP contribution in [0.2, 0.25) is 5.02 Å². The Morgan fingerprint density at radius 2 is 1.87 bits per heavy atom. The number of carbonyl (C=O) groups is 1. The van der Waals surface area contributed by atoms with Gasteiger partial charge in [-0.2, -0.15) is 0 Å². The predicted octanol–water partition coefficient (Wildman–Crippen LogP) is 3.89. The highest BCUT2D eigenvalue weighted by Crippen LogP contribution is 2.27. The minimum absolute atomic E-state index is 0.126. The number of piperazine rings is 1. The van der Waals surface area contributed by atoms with E-state index in [1.165, 1.54) is 5.56 Å². The van der Waals surface area contributed by atoms with Gasteiger partial charge in [0, 0.05) is 30.3 Å².